The molecule has 2 aromatic carbocycles. The number of rotatable bonds is 11. The zero-order valence-electron chi connectivity index (χ0n) is 23.2. The van der Waals surface area contributed by atoms with Crippen LogP contribution in [0.4, 0.5) is 0 Å². The highest BCUT2D eigenvalue weighted by Crippen LogP contribution is 2.41. The van der Waals surface area contributed by atoms with E-state index >= 15 is 0 Å². The van der Waals surface area contributed by atoms with E-state index in [4.69, 9.17) is 14.2 Å². The molecule has 0 bridgehead atoms. The Morgan fingerprint density at radius 2 is 1.97 bits per heavy atom. The zero-order valence-corrected chi connectivity index (χ0v) is 24.0. The normalized spacial score (nSPS) is 16.6. The molecule has 1 N–H and O–H groups in total. The Morgan fingerprint density at radius 1 is 1.18 bits per heavy atom. The first kappa shape index (κ1) is 28.7. The van der Waals surface area contributed by atoms with Gasteiger partial charge in [-0.1, -0.05) is 35.3 Å². The van der Waals surface area contributed by atoms with Gasteiger partial charge in [0.05, 0.1) is 19.9 Å². The summed E-state index contributed by atoms with van der Waals surface area (Å²) in [6, 6.07) is 12.0. The molecule has 0 radical (unpaired) electrons. The van der Waals surface area contributed by atoms with Gasteiger partial charge in [-0.05, 0) is 68.3 Å². The number of carbonyl (C=O) groups excluding carboxylic acids is 1. The number of nitrogens with one attached hydrogen (secondary N) is 1. The third kappa shape index (κ3) is 7.65. The number of hydrogen-bond donors (Lipinski definition) is 1. The van der Waals surface area contributed by atoms with Crippen molar-refractivity contribution < 1.29 is 19.0 Å². The largest absolute Gasteiger partial charge is 0.497 e. The molecule has 1 aliphatic rings. The third-order valence-corrected chi connectivity index (χ3v) is 9.17. The fourth-order valence-corrected chi connectivity index (χ4v) is 7.19. The van der Waals surface area contributed by atoms with Crippen LogP contribution in [0.5, 0.6) is 17.4 Å². The van der Waals surface area contributed by atoms with E-state index in [1.165, 1.54) is 28.9 Å². The molecule has 1 aromatic heterocycles. The lowest BCUT2D eigenvalue weighted by atomic mass is 10.1. The van der Waals surface area contributed by atoms with Crippen molar-refractivity contribution in [2.24, 2.45) is 0 Å². The number of aryl methyl sites for hydroxylation is 2. The van der Waals surface area contributed by atoms with Crippen molar-refractivity contribution in [3.8, 4) is 17.4 Å². The van der Waals surface area contributed by atoms with Crippen molar-refractivity contribution in [3.05, 3.63) is 71.7 Å². The number of carbonyl (C=O) groups is 1. The molecule has 9 heteroatoms. The van der Waals surface area contributed by atoms with Gasteiger partial charge in [-0.15, -0.1) is 0 Å². The highest BCUT2D eigenvalue weighted by atomic mass is 32.2. The number of nitrogens with zero attached hydrogens (tertiary/aromatic N) is 3. The van der Waals surface area contributed by atoms with Gasteiger partial charge in [0.1, 0.15) is 18.1 Å². The Hall–Kier alpha value is -3.27. The highest BCUT2D eigenvalue weighted by molar-refractivity contribution is 8.13. The van der Waals surface area contributed by atoms with Crippen LogP contribution in [0, 0.1) is 13.8 Å². The lowest BCUT2D eigenvalue weighted by Gasteiger charge is -2.38. The van der Waals surface area contributed by atoms with Gasteiger partial charge in [0.2, 0.25) is 11.8 Å². The van der Waals surface area contributed by atoms with Crippen LogP contribution in [0.15, 0.2) is 59.9 Å². The lowest BCUT2D eigenvalue weighted by Crippen LogP contribution is -2.40. The van der Waals surface area contributed by atoms with Crippen molar-refractivity contribution >= 4 is 21.9 Å². The van der Waals surface area contributed by atoms with Crippen LogP contribution >= 0.6 is 10.7 Å². The maximum Gasteiger partial charge on any atom is 0.246 e. The molecule has 4 rings (SSSR count). The van der Waals surface area contributed by atoms with Crippen LogP contribution in [0.2, 0.25) is 0 Å². The summed E-state index contributed by atoms with van der Waals surface area (Å²) in [5, 5.41) is 5.25. The average molecular weight is 551 g/mol. The number of benzene rings is 2. The van der Waals surface area contributed by atoms with Gasteiger partial charge in [0.25, 0.3) is 0 Å². The van der Waals surface area contributed by atoms with Crippen LogP contribution in [-0.4, -0.2) is 58.5 Å². The van der Waals surface area contributed by atoms with Crippen molar-refractivity contribution in [2.45, 2.75) is 57.5 Å². The Balaban J connectivity index is 1.33. The molecular weight excluding hydrogens is 512 g/mol. The average Bonchev–Trinajstić information content (AvgIpc) is 2.95. The van der Waals surface area contributed by atoms with E-state index in [0.29, 0.717) is 24.8 Å². The Labute approximate surface area is 233 Å². The summed E-state index contributed by atoms with van der Waals surface area (Å²) in [5.74, 6) is 1.76. The summed E-state index contributed by atoms with van der Waals surface area (Å²) >= 11 is 0. The summed E-state index contributed by atoms with van der Waals surface area (Å²) in [6.07, 6.45) is 8.11. The number of ether oxygens (including phenoxy) is 3. The standard InChI is InChI=1S/C30H38N4O4S/c1-5-39(30-22(2)16-26(36-4)17-23(30)3)34-15-9-8-11-25(34)20-37-21-28(35)33-18-24-10-6-7-12-27(24)38-29-19-31-13-14-32-29/h5-7,10,12-14,16-17,19,25H,8-9,11,15,18,20-21H2,1-4H3,(H,33,35). The Kier molecular flexibility index (Phi) is 10.5. The van der Waals surface area contributed by atoms with E-state index in [-0.39, 0.29) is 29.2 Å². The molecule has 8 nitrogen and oxygen atoms in total. The monoisotopic (exact) mass is 550 g/mol. The quantitative estimate of drug-likeness (QED) is 0.318. The highest BCUT2D eigenvalue weighted by Gasteiger charge is 2.27. The predicted octanol–water partition coefficient (Wildman–Crippen LogP) is 5.45. The molecule has 208 valence electrons. The molecule has 0 saturated carbocycles. The molecule has 1 amide bonds. The van der Waals surface area contributed by atoms with Crippen molar-refractivity contribution in [1.29, 1.82) is 0 Å². The second-order valence-corrected chi connectivity index (χ2v) is 11.5. The van der Waals surface area contributed by atoms with E-state index in [2.05, 4.69) is 57.9 Å². The first-order valence-corrected chi connectivity index (χ1v) is 14.6. The molecule has 0 spiro atoms. The van der Waals surface area contributed by atoms with Crippen LogP contribution in [0.1, 0.15) is 42.9 Å². The minimum absolute atomic E-state index is 0.0156. The maximum atomic E-state index is 12.6. The second-order valence-electron chi connectivity index (χ2n) is 9.48. The van der Waals surface area contributed by atoms with Gasteiger partial charge in [0, 0.05) is 42.0 Å². The van der Waals surface area contributed by atoms with Crippen LogP contribution < -0.4 is 14.8 Å². The number of amides is 1. The predicted molar refractivity (Wildman–Crippen MR) is 156 cm³/mol. The minimum Gasteiger partial charge on any atom is -0.497 e. The van der Waals surface area contributed by atoms with Gasteiger partial charge in [-0.2, -0.15) is 0 Å². The molecule has 0 aliphatic carbocycles. The summed E-state index contributed by atoms with van der Waals surface area (Å²) in [5.41, 5.74) is 3.32. The van der Waals surface area contributed by atoms with E-state index in [9.17, 15) is 4.79 Å². The minimum atomic E-state index is -0.158. The van der Waals surface area contributed by atoms with Crippen LogP contribution in [-0.2, 0) is 16.1 Å². The first-order valence-electron chi connectivity index (χ1n) is 13.3. The number of para-hydroxylation sites is 1. The molecule has 1 aliphatic heterocycles. The summed E-state index contributed by atoms with van der Waals surface area (Å²) in [4.78, 5) is 22.2. The van der Waals surface area contributed by atoms with Gasteiger partial charge in [-0.25, -0.2) is 9.29 Å². The van der Waals surface area contributed by atoms with Crippen molar-refractivity contribution in [2.75, 3.05) is 26.9 Å². The molecule has 3 aromatic rings. The number of methoxy groups -OCH3 is 1. The van der Waals surface area contributed by atoms with Crippen LogP contribution in [0.3, 0.4) is 0 Å². The molecule has 39 heavy (non-hydrogen) atoms. The topological polar surface area (TPSA) is 85.8 Å². The Morgan fingerprint density at radius 3 is 2.69 bits per heavy atom. The van der Waals surface area contributed by atoms with E-state index < -0.39 is 0 Å². The van der Waals surface area contributed by atoms with Crippen LogP contribution in [0.25, 0.3) is 0 Å². The SMILES string of the molecule is C/C=S(\c1c(C)cc(OC)cc1C)N1CCCCC1COCC(=O)NCc1ccccc1Oc1cnccn1. The maximum absolute atomic E-state index is 12.6. The summed E-state index contributed by atoms with van der Waals surface area (Å²) in [6.45, 7) is 8.33. The van der Waals surface area contributed by atoms with E-state index in [0.717, 1.165) is 24.3 Å². The second kappa shape index (κ2) is 14.2. The first-order chi connectivity index (χ1) is 19.0. The van der Waals surface area contributed by atoms with Gasteiger partial charge < -0.3 is 19.5 Å². The molecule has 1 fully saturated rings. The Bertz CT molecular complexity index is 1260. The molecule has 2 heterocycles. The lowest BCUT2D eigenvalue weighted by molar-refractivity contribution is -0.126. The molecule has 2 atom stereocenters. The van der Waals surface area contributed by atoms with Gasteiger partial charge in [0.15, 0.2) is 0 Å². The fraction of sp³-hybridized carbons (Fsp3) is 0.400. The van der Waals surface area contributed by atoms with Crippen molar-refractivity contribution in [3.63, 3.8) is 0 Å². The van der Waals surface area contributed by atoms with Gasteiger partial charge in [-0.3, -0.25) is 9.78 Å². The van der Waals surface area contributed by atoms with Gasteiger partial charge >= 0.3 is 0 Å². The van der Waals surface area contributed by atoms with E-state index in [1.54, 1.807) is 25.7 Å². The number of aromatic nitrogens is 2. The summed E-state index contributed by atoms with van der Waals surface area (Å²) < 4.78 is 19.9. The smallest absolute Gasteiger partial charge is 0.246 e. The fourth-order valence-electron chi connectivity index (χ4n) is 4.86. The number of piperidine rings is 1. The summed E-state index contributed by atoms with van der Waals surface area (Å²) in [7, 11) is 1.55. The third-order valence-electron chi connectivity index (χ3n) is 6.67. The molecule has 1 saturated heterocycles. The number of hydrogen-bond acceptors (Lipinski definition) is 7. The molecular formula is C30H38N4O4S. The zero-order chi connectivity index (χ0) is 27.6. The van der Waals surface area contributed by atoms with Crippen molar-refractivity contribution in [1.82, 2.24) is 19.6 Å². The van der Waals surface area contributed by atoms with E-state index in [1.807, 2.05) is 24.3 Å². The molecule has 2 unspecified atom stereocenters.